The van der Waals surface area contributed by atoms with Crippen LogP contribution in [0.5, 0.6) is 0 Å². The van der Waals surface area contributed by atoms with Gasteiger partial charge in [-0.25, -0.2) is 0 Å². The van der Waals surface area contributed by atoms with Gasteiger partial charge in [-0.05, 0) is 48.6 Å². The van der Waals surface area contributed by atoms with Crippen LogP contribution in [0, 0.1) is 11.8 Å². The maximum absolute atomic E-state index is 13.5. The lowest BCUT2D eigenvalue weighted by Gasteiger charge is -2.27. The SMILES string of the molecule is CC(C)[C@H](CC(=O)[C@H](C)NC(=O)C1Cc2ccccc2N1C(=O)c1ccccc1)C(=O)C(=O)CCc1ccccc1. The van der Waals surface area contributed by atoms with Gasteiger partial charge in [-0.2, -0.15) is 0 Å². The second-order valence-corrected chi connectivity index (χ2v) is 10.9. The molecule has 3 atom stereocenters. The molecule has 0 spiro atoms. The number of fused-ring (bicyclic) bond motifs is 1. The molecule has 0 aromatic heterocycles. The second kappa shape index (κ2) is 13.3. The highest BCUT2D eigenvalue weighted by molar-refractivity contribution is 6.38. The Morgan fingerprint density at radius 1 is 0.829 bits per heavy atom. The molecule has 1 unspecified atom stereocenters. The molecule has 1 heterocycles. The minimum absolute atomic E-state index is 0.0834. The highest BCUT2D eigenvalue weighted by atomic mass is 16.2. The number of Topliss-reactive ketones (excluding diaryl/α,β-unsaturated/α-hetero) is 3. The van der Waals surface area contributed by atoms with Crippen LogP contribution in [0.3, 0.4) is 0 Å². The molecule has 7 nitrogen and oxygen atoms in total. The summed E-state index contributed by atoms with van der Waals surface area (Å²) in [6, 6.07) is 23.9. The number of nitrogens with one attached hydrogen (secondary N) is 1. The van der Waals surface area contributed by atoms with Gasteiger partial charge in [0.2, 0.25) is 11.7 Å². The number of amides is 2. The summed E-state index contributed by atoms with van der Waals surface area (Å²) in [6.45, 7) is 5.20. The molecule has 0 radical (unpaired) electrons. The maximum atomic E-state index is 13.5. The van der Waals surface area contributed by atoms with Crippen LogP contribution in [0.15, 0.2) is 84.9 Å². The first-order valence-corrected chi connectivity index (χ1v) is 14.1. The number of carbonyl (C=O) groups excluding carboxylic acids is 5. The van der Waals surface area contributed by atoms with E-state index in [2.05, 4.69) is 5.32 Å². The van der Waals surface area contributed by atoms with Crippen molar-refractivity contribution < 1.29 is 24.0 Å². The number of para-hydroxylation sites is 1. The van der Waals surface area contributed by atoms with Crippen molar-refractivity contribution in [2.24, 2.45) is 11.8 Å². The quantitative estimate of drug-likeness (QED) is 0.327. The number of rotatable bonds is 12. The van der Waals surface area contributed by atoms with E-state index in [0.717, 1.165) is 11.1 Å². The molecular formula is C34H36N2O5. The maximum Gasteiger partial charge on any atom is 0.259 e. The molecule has 2 amide bonds. The lowest BCUT2D eigenvalue weighted by molar-refractivity contribution is -0.141. The number of hydrogen-bond donors (Lipinski definition) is 1. The van der Waals surface area contributed by atoms with Gasteiger partial charge in [0.1, 0.15) is 6.04 Å². The standard InChI is InChI=1S/C34H36N2O5/c1-22(2)27(32(39)30(37)19-18-24-12-6-4-7-13-24)21-31(38)23(3)35-33(40)29-20-26-16-10-11-17-28(26)36(29)34(41)25-14-8-5-9-15-25/h4-17,22-23,27,29H,18-21H2,1-3H3,(H,35,40)/t23-,27-,29?/m0/s1. The minimum Gasteiger partial charge on any atom is -0.345 e. The zero-order valence-corrected chi connectivity index (χ0v) is 23.7. The van der Waals surface area contributed by atoms with E-state index in [0.29, 0.717) is 24.1 Å². The summed E-state index contributed by atoms with van der Waals surface area (Å²) >= 11 is 0. The fourth-order valence-electron chi connectivity index (χ4n) is 5.21. The Kier molecular flexibility index (Phi) is 9.61. The summed E-state index contributed by atoms with van der Waals surface area (Å²) in [7, 11) is 0. The van der Waals surface area contributed by atoms with Crippen LogP contribution in [-0.2, 0) is 32.0 Å². The van der Waals surface area contributed by atoms with Crippen molar-refractivity contribution in [3.8, 4) is 0 Å². The molecule has 0 saturated heterocycles. The lowest BCUT2D eigenvalue weighted by atomic mass is 9.83. The normalized spacial score (nSPS) is 15.6. The van der Waals surface area contributed by atoms with Crippen LogP contribution in [0.2, 0.25) is 0 Å². The molecule has 1 N–H and O–H groups in total. The van der Waals surface area contributed by atoms with Crippen molar-refractivity contribution in [2.45, 2.75) is 58.5 Å². The number of aryl methyl sites for hydroxylation is 1. The van der Waals surface area contributed by atoms with Gasteiger partial charge in [0.25, 0.3) is 5.91 Å². The molecule has 212 valence electrons. The number of anilines is 1. The Labute approximate surface area is 240 Å². The van der Waals surface area contributed by atoms with Gasteiger partial charge in [0, 0.05) is 36.4 Å². The molecular weight excluding hydrogens is 516 g/mol. The average molecular weight is 553 g/mol. The molecule has 4 rings (SSSR count). The summed E-state index contributed by atoms with van der Waals surface area (Å²) in [5.74, 6) is -3.11. The minimum atomic E-state index is -0.895. The molecule has 3 aromatic carbocycles. The van der Waals surface area contributed by atoms with E-state index >= 15 is 0 Å². The average Bonchev–Trinajstić information content (AvgIpc) is 3.38. The van der Waals surface area contributed by atoms with Crippen molar-refractivity contribution in [3.63, 3.8) is 0 Å². The first kappa shape index (κ1) is 29.6. The van der Waals surface area contributed by atoms with Gasteiger partial charge in [-0.15, -0.1) is 0 Å². The molecule has 1 aliphatic rings. The van der Waals surface area contributed by atoms with Crippen LogP contribution in [0.1, 0.15) is 55.1 Å². The van der Waals surface area contributed by atoms with Crippen molar-refractivity contribution in [3.05, 3.63) is 102 Å². The molecule has 0 fully saturated rings. The number of ketones is 3. The summed E-state index contributed by atoms with van der Waals surface area (Å²) in [4.78, 5) is 67.4. The summed E-state index contributed by atoms with van der Waals surface area (Å²) in [5, 5.41) is 2.77. The van der Waals surface area contributed by atoms with Gasteiger partial charge < -0.3 is 5.32 Å². The van der Waals surface area contributed by atoms with Crippen LogP contribution < -0.4 is 10.2 Å². The molecule has 0 aliphatic carbocycles. The van der Waals surface area contributed by atoms with Crippen LogP contribution >= 0.6 is 0 Å². The predicted octanol–water partition coefficient (Wildman–Crippen LogP) is 4.77. The van der Waals surface area contributed by atoms with E-state index in [1.807, 2.05) is 74.5 Å². The zero-order chi connectivity index (χ0) is 29.5. The fourth-order valence-corrected chi connectivity index (χ4v) is 5.21. The molecule has 1 aliphatic heterocycles. The number of hydrogen-bond acceptors (Lipinski definition) is 5. The van der Waals surface area contributed by atoms with Crippen LogP contribution in [0.25, 0.3) is 0 Å². The summed E-state index contributed by atoms with van der Waals surface area (Å²) in [6.07, 6.45) is 0.718. The largest absolute Gasteiger partial charge is 0.345 e. The van der Waals surface area contributed by atoms with Gasteiger partial charge in [0.05, 0.1) is 6.04 Å². The third-order valence-corrected chi connectivity index (χ3v) is 7.68. The molecule has 0 bridgehead atoms. The molecule has 41 heavy (non-hydrogen) atoms. The van der Waals surface area contributed by atoms with Gasteiger partial charge in [-0.3, -0.25) is 28.9 Å². The fraction of sp³-hybridized carbons (Fsp3) is 0.324. The third kappa shape index (κ3) is 7.04. The Bertz CT molecular complexity index is 1420. The highest BCUT2D eigenvalue weighted by Gasteiger charge is 2.40. The van der Waals surface area contributed by atoms with Crippen molar-refractivity contribution in [2.75, 3.05) is 4.90 Å². The van der Waals surface area contributed by atoms with Gasteiger partial charge in [-0.1, -0.05) is 80.6 Å². The van der Waals surface area contributed by atoms with Crippen LogP contribution in [0.4, 0.5) is 5.69 Å². The Hall–Kier alpha value is -4.39. The molecule has 3 aromatic rings. The van der Waals surface area contributed by atoms with Gasteiger partial charge in [0.15, 0.2) is 11.6 Å². The Morgan fingerprint density at radius 2 is 1.44 bits per heavy atom. The Balaban J connectivity index is 1.41. The monoisotopic (exact) mass is 552 g/mol. The lowest BCUT2D eigenvalue weighted by Crippen LogP contribution is -2.52. The van der Waals surface area contributed by atoms with E-state index in [-0.39, 0.29) is 30.4 Å². The van der Waals surface area contributed by atoms with E-state index in [1.165, 1.54) is 4.90 Å². The third-order valence-electron chi connectivity index (χ3n) is 7.68. The highest BCUT2D eigenvalue weighted by Crippen LogP contribution is 2.33. The molecule has 7 heteroatoms. The predicted molar refractivity (Wildman–Crippen MR) is 158 cm³/mol. The topological polar surface area (TPSA) is 101 Å². The van der Waals surface area contributed by atoms with Crippen molar-refractivity contribution in [1.29, 1.82) is 0 Å². The van der Waals surface area contributed by atoms with Crippen molar-refractivity contribution in [1.82, 2.24) is 5.32 Å². The number of benzene rings is 3. The van der Waals surface area contributed by atoms with E-state index in [9.17, 15) is 24.0 Å². The first-order valence-electron chi connectivity index (χ1n) is 14.1. The zero-order valence-electron chi connectivity index (χ0n) is 23.7. The first-order chi connectivity index (χ1) is 19.7. The van der Waals surface area contributed by atoms with Gasteiger partial charge >= 0.3 is 0 Å². The Morgan fingerprint density at radius 3 is 2.10 bits per heavy atom. The summed E-state index contributed by atoms with van der Waals surface area (Å²) < 4.78 is 0. The number of carbonyl (C=O) groups is 5. The van der Waals surface area contributed by atoms with E-state index in [1.54, 1.807) is 31.2 Å². The van der Waals surface area contributed by atoms with E-state index < -0.39 is 35.5 Å². The van der Waals surface area contributed by atoms with E-state index in [4.69, 9.17) is 0 Å². The smallest absolute Gasteiger partial charge is 0.259 e. The van der Waals surface area contributed by atoms with Crippen LogP contribution in [-0.4, -0.2) is 41.2 Å². The van der Waals surface area contributed by atoms with Crippen molar-refractivity contribution >= 4 is 34.9 Å². The second-order valence-electron chi connectivity index (χ2n) is 10.9. The summed E-state index contributed by atoms with van der Waals surface area (Å²) in [5.41, 5.74) is 2.97. The number of nitrogens with zero attached hydrogens (tertiary/aromatic N) is 1. The molecule has 0 saturated carbocycles.